The first kappa shape index (κ1) is 18.2. The summed E-state index contributed by atoms with van der Waals surface area (Å²) >= 11 is 11.9. The lowest BCUT2D eigenvalue weighted by atomic mass is 10.0. The molecule has 0 aliphatic heterocycles. The Morgan fingerprint density at radius 3 is 2.43 bits per heavy atom. The van der Waals surface area contributed by atoms with E-state index in [-0.39, 0.29) is 6.04 Å². The van der Waals surface area contributed by atoms with Gasteiger partial charge in [-0.15, -0.1) is 0 Å². The van der Waals surface area contributed by atoms with Crippen LogP contribution in [-0.2, 0) is 12.8 Å². The van der Waals surface area contributed by atoms with Crippen LogP contribution in [0.4, 0.5) is 0 Å². The number of hydrogen-bond acceptors (Lipinski definition) is 3. The summed E-state index contributed by atoms with van der Waals surface area (Å²) in [4.78, 5) is 0. The molecule has 0 bridgehead atoms. The molecule has 0 aliphatic rings. The minimum absolute atomic E-state index is 0.283. The molecule has 2 aromatic rings. The van der Waals surface area contributed by atoms with Gasteiger partial charge in [0, 0.05) is 12.6 Å². The van der Waals surface area contributed by atoms with E-state index in [4.69, 9.17) is 28.9 Å². The van der Waals surface area contributed by atoms with E-state index in [1.165, 1.54) is 0 Å². The molecule has 0 amide bonds. The lowest BCUT2D eigenvalue weighted by Gasteiger charge is -2.19. The highest BCUT2D eigenvalue weighted by atomic mass is 35.5. The van der Waals surface area contributed by atoms with E-state index >= 15 is 0 Å². The quantitative estimate of drug-likeness (QED) is 0.640. The molecule has 0 aromatic heterocycles. The SMILES string of the molecule is N[C@@H](Cc1ccccc1)[C@H](O)CNCCc1ccc(Cl)c(Cl)c1. The van der Waals surface area contributed by atoms with Crippen LogP contribution in [0, 0.1) is 0 Å². The Bertz CT molecular complexity index is 607. The maximum Gasteiger partial charge on any atom is 0.0818 e. The molecule has 0 aliphatic carbocycles. The number of aliphatic hydroxyl groups is 1. The molecule has 0 heterocycles. The number of aliphatic hydroxyl groups excluding tert-OH is 1. The average molecular weight is 353 g/mol. The van der Waals surface area contributed by atoms with Gasteiger partial charge in [0.15, 0.2) is 0 Å². The smallest absolute Gasteiger partial charge is 0.0818 e. The van der Waals surface area contributed by atoms with Crippen molar-refractivity contribution >= 4 is 23.2 Å². The molecule has 0 fully saturated rings. The standard InChI is InChI=1S/C18H22Cl2N2O/c19-15-7-6-14(10-16(15)20)8-9-22-12-18(23)17(21)11-13-4-2-1-3-5-13/h1-7,10,17-18,22-23H,8-9,11-12,21H2/t17-,18+/m0/s1. The maximum atomic E-state index is 10.1. The Kier molecular flexibility index (Phi) is 7.34. The van der Waals surface area contributed by atoms with Crippen molar-refractivity contribution < 1.29 is 5.11 Å². The highest BCUT2D eigenvalue weighted by Crippen LogP contribution is 2.22. The van der Waals surface area contributed by atoms with Gasteiger partial charge in [0.05, 0.1) is 16.1 Å². The Hall–Kier alpha value is -1.10. The number of nitrogens with one attached hydrogen (secondary N) is 1. The second kappa shape index (κ2) is 9.26. The Morgan fingerprint density at radius 2 is 1.74 bits per heavy atom. The van der Waals surface area contributed by atoms with E-state index in [0.717, 1.165) is 24.1 Å². The van der Waals surface area contributed by atoms with E-state index in [1.54, 1.807) is 6.07 Å². The zero-order valence-corrected chi connectivity index (χ0v) is 14.4. The average Bonchev–Trinajstić information content (AvgIpc) is 2.55. The first-order chi connectivity index (χ1) is 11.1. The largest absolute Gasteiger partial charge is 0.390 e. The lowest BCUT2D eigenvalue weighted by Crippen LogP contribution is -2.43. The normalized spacial score (nSPS) is 13.7. The third kappa shape index (κ3) is 6.13. The predicted octanol–water partition coefficient (Wildman–Crippen LogP) is 3.06. The second-order valence-corrected chi connectivity index (χ2v) is 6.44. The fourth-order valence-corrected chi connectivity index (χ4v) is 2.67. The van der Waals surface area contributed by atoms with Crippen molar-refractivity contribution in [2.24, 2.45) is 5.73 Å². The molecule has 4 N–H and O–H groups in total. The van der Waals surface area contributed by atoms with Crippen LogP contribution in [0.5, 0.6) is 0 Å². The molecular weight excluding hydrogens is 331 g/mol. The minimum Gasteiger partial charge on any atom is -0.390 e. The lowest BCUT2D eigenvalue weighted by molar-refractivity contribution is 0.142. The van der Waals surface area contributed by atoms with Crippen molar-refractivity contribution in [3.8, 4) is 0 Å². The summed E-state index contributed by atoms with van der Waals surface area (Å²) in [7, 11) is 0. The Labute approximate surface area is 147 Å². The Balaban J connectivity index is 1.69. The van der Waals surface area contributed by atoms with E-state index in [0.29, 0.717) is 23.0 Å². The molecule has 23 heavy (non-hydrogen) atoms. The summed E-state index contributed by atoms with van der Waals surface area (Å²) in [5.74, 6) is 0. The first-order valence-electron chi connectivity index (χ1n) is 7.68. The zero-order chi connectivity index (χ0) is 16.7. The van der Waals surface area contributed by atoms with Crippen LogP contribution in [0.15, 0.2) is 48.5 Å². The summed E-state index contributed by atoms with van der Waals surface area (Å²) in [5, 5.41) is 14.5. The summed E-state index contributed by atoms with van der Waals surface area (Å²) in [5.41, 5.74) is 8.30. The van der Waals surface area contributed by atoms with Crippen LogP contribution in [0.3, 0.4) is 0 Å². The van der Waals surface area contributed by atoms with Gasteiger partial charge in [-0.3, -0.25) is 0 Å². The fourth-order valence-electron chi connectivity index (χ4n) is 2.35. The van der Waals surface area contributed by atoms with Crippen molar-refractivity contribution in [1.82, 2.24) is 5.32 Å². The molecule has 0 radical (unpaired) electrons. The molecule has 0 spiro atoms. The van der Waals surface area contributed by atoms with Crippen molar-refractivity contribution in [1.29, 1.82) is 0 Å². The van der Waals surface area contributed by atoms with Crippen LogP contribution in [-0.4, -0.2) is 30.3 Å². The van der Waals surface area contributed by atoms with E-state index in [9.17, 15) is 5.11 Å². The fraction of sp³-hybridized carbons (Fsp3) is 0.333. The molecule has 2 atom stereocenters. The van der Waals surface area contributed by atoms with Gasteiger partial charge in [0.1, 0.15) is 0 Å². The van der Waals surface area contributed by atoms with Gasteiger partial charge in [0.2, 0.25) is 0 Å². The molecular formula is C18H22Cl2N2O. The first-order valence-corrected chi connectivity index (χ1v) is 8.44. The number of hydrogen-bond donors (Lipinski definition) is 3. The van der Waals surface area contributed by atoms with Crippen LogP contribution >= 0.6 is 23.2 Å². The molecule has 3 nitrogen and oxygen atoms in total. The van der Waals surface area contributed by atoms with Crippen molar-refractivity contribution in [2.45, 2.75) is 25.0 Å². The van der Waals surface area contributed by atoms with Gasteiger partial charge in [0.25, 0.3) is 0 Å². The van der Waals surface area contributed by atoms with Gasteiger partial charge in [-0.25, -0.2) is 0 Å². The van der Waals surface area contributed by atoms with Gasteiger partial charge >= 0.3 is 0 Å². The summed E-state index contributed by atoms with van der Waals surface area (Å²) in [6, 6.07) is 15.3. The van der Waals surface area contributed by atoms with Gasteiger partial charge in [-0.2, -0.15) is 0 Å². The highest BCUT2D eigenvalue weighted by molar-refractivity contribution is 6.42. The monoisotopic (exact) mass is 352 g/mol. The molecule has 124 valence electrons. The van der Waals surface area contributed by atoms with Crippen LogP contribution in [0.25, 0.3) is 0 Å². The van der Waals surface area contributed by atoms with Crippen LogP contribution in [0.2, 0.25) is 10.0 Å². The number of benzene rings is 2. The molecule has 2 rings (SSSR count). The van der Waals surface area contributed by atoms with E-state index in [2.05, 4.69) is 5.32 Å². The van der Waals surface area contributed by atoms with Crippen LogP contribution < -0.4 is 11.1 Å². The highest BCUT2D eigenvalue weighted by Gasteiger charge is 2.14. The second-order valence-electron chi connectivity index (χ2n) is 5.62. The third-order valence-electron chi connectivity index (χ3n) is 3.74. The molecule has 0 saturated heterocycles. The maximum absolute atomic E-state index is 10.1. The number of halogens is 2. The van der Waals surface area contributed by atoms with Gasteiger partial charge in [-0.1, -0.05) is 59.6 Å². The van der Waals surface area contributed by atoms with E-state index < -0.39 is 6.10 Å². The molecule has 0 saturated carbocycles. The summed E-state index contributed by atoms with van der Waals surface area (Å²) in [6.45, 7) is 1.21. The van der Waals surface area contributed by atoms with Gasteiger partial charge < -0.3 is 16.2 Å². The van der Waals surface area contributed by atoms with E-state index in [1.807, 2.05) is 42.5 Å². The summed E-state index contributed by atoms with van der Waals surface area (Å²) in [6.07, 6.45) is 0.901. The zero-order valence-electron chi connectivity index (χ0n) is 12.9. The third-order valence-corrected chi connectivity index (χ3v) is 4.48. The van der Waals surface area contributed by atoms with Crippen molar-refractivity contribution in [3.05, 3.63) is 69.7 Å². The van der Waals surface area contributed by atoms with Crippen molar-refractivity contribution in [3.63, 3.8) is 0 Å². The van der Waals surface area contributed by atoms with Crippen molar-refractivity contribution in [2.75, 3.05) is 13.1 Å². The molecule has 0 unspecified atom stereocenters. The van der Waals surface area contributed by atoms with Crippen LogP contribution in [0.1, 0.15) is 11.1 Å². The predicted molar refractivity (Wildman–Crippen MR) is 97.2 cm³/mol. The number of nitrogens with two attached hydrogens (primary N) is 1. The Morgan fingerprint density at radius 1 is 1.00 bits per heavy atom. The molecule has 5 heteroatoms. The van der Waals surface area contributed by atoms with Gasteiger partial charge in [-0.05, 0) is 42.6 Å². The summed E-state index contributed by atoms with van der Waals surface area (Å²) < 4.78 is 0. The number of rotatable bonds is 8. The minimum atomic E-state index is -0.580. The topological polar surface area (TPSA) is 58.3 Å². The molecule has 2 aromatic carbocycles.